The van der Waals surface area contributed by atoms with Gasteiger partial charge in [0.05, 0.1) is 12.7 Å². The molecule has 1 heterocycles. The van der Waals surface area contributed by atoms with Crippen molar-refractivity contribution in [3.8, 4) is 0 Å². The molecule has 0 spiro atoms. The Balaban J connectivity index is 1.68. The molecule has 2 unspecified atom stereocenters. The summed E-state index contributed by atoms with van der Waals surface area (Å²) in [5.74, 6) is 0. The Labute approximate surface area is 126 Å². The van der Waals surface area contributed by atoms with Crippen molar-refractivity contribution in [2.45, 2.75) is 19.1 Å². The van der Waals surface area contributed by atoms with E-state index >= 15 is 0 Å². The third-order valence-electron chi connectivity index (χ3n) is 4.28. The number of hydrogen-bond acceptors (Lipinski definition) is 3. The van der Waals surface area contributed by atoms with E-state index in [0.29, 0.717) is 12.1 Å². The summed E-state index contributed by atoms with van der Waals surface area (Å²) in [5, 5.41) is 6.27. The van der Waals surface area contributed by atoms with Crippen molar-refractivity contribution in [3.05, 3.63) is 48.0 Å². The van der Waals surface area contributed by atoms with Crippen molar-refractivity contribution in [2.75, 3.05) is 33.3 Å². The van der Waals surface area contributed by atoms with Gasteiger partial charge in [-0.1, -0.05) is 42.5 Å². The highest BCUT2D eigenvalue weighted by Gasteiger charge is 2.18. The predicted molar refractivity (Wildman–Crippen MR) is 87.6 cm³/mol. The van der Waals surface area contributed by atoms with Gasteiger partial charge in [0.25, 0.3) is 0 Å². The fourth-order valence-electron chi connectivity index (χ4n) is 3.04. The first-order valence-corrected chi connectivity index (χ1v) is 7.75. The lowest BCUT2D eigenvalue weighted by Gasteiger charge is -2.31. The van der Waals surface area contributed by atoms with Gasteiger partial charge in [0, 0.05) is 25.7 Å². The zero-order valence-corrected chi connectivity index (χ0v) is 12.9. The lowest BCUT2D eigenvalue weighted by Crippen LogP contribution is -2.45. The van der Waals surface area contributed by atoms with E-state index in [-0.39, 0.29) is 0 Å². The lowest BCUT2D eigenvalue weighted by molar-refractivity contribution is -0.0190. The van der Waals surface area contributed by atoms with Gasteiger partial charge in [-0.2, -0.15) is 0 Å². The molecule has 2 aromatic rings. The highest BCUT2D eigenvalue weighted by atomic mass is 16.5. The average Bonchev–Trinajstić information content (AvgIpc) is 2.52. The molecule has 0 radical (unpaired) electrons. The van der Waals surface area contributed by atoms with Gasteiger partial charge in [0.2, 0.25) is 0 Å². The van der Waals surface area contributed by atoms with Gasteiger partial charge in [-0.15, -0.1) is 0 Å². The monoisotopic (exact) mass is 284 g/mol. The van der Waals surface area contributed by atoms with E-state index in [1.54, 1.807) is 0 Å². The van der Waals surface area contributed by atoms with Crippen LogP contribution < -0.4 is 5.32 Å². The topological polar surface area (TPSA) is 24.5 Å². The van der Waals surface area contributed by atoms with E-state index in [9.17, 15) is 0 Å². The molecule has 0 aliphatic carbocycles. The fraction of sp³-hybridized carbons (Fsp3) is 0.444. The maximum absolute atomic E-state index is 5.82. The van der Waals surface area contributed by atoms with Gasteiger partial charge in [0.1, 0.15) is 0 Å². The van der Waals surface area contributed by atoms with Crippen molar-refractivity contribution < 1.29 is 4.74 Å². The zero-order chi connectivity index (χ0) is 14.7. The molecule has 3 heteroatoms. The normalized spacial score (nSPS) is 21.5. The Bertz CT molecular complexity index is 593. The van der Waals surface area contributed by atoms with Crippen LogP contribution in [0.3, 0.4) is 0 Å². The molecule has 1 N–H and O–H groups in total. The van der Waals surface area contributed by atoms with Crippen LogP contribution in [-0.2, 0) is 4.74 Å². The Morgan fingerprint density at radius 3 is 2.90 bits per heavy atom. The largest absolute Gasteiger partial charge is 0.374 e. The Morgan fingerprint density at radius 1 is 1.24 bits per heavy atom. The van der Waals surface area contributed by atoms with Crippen molar-refractivity contribution in [2.24, 2.45) is 0 Å². The van der Waals surface area contributed by atoms with Gasteiger partial charge in [-0.25, -0.2) is 0 Å². The molecular weight excluding hydrogens is 260 g/mol. The second kappa shape index (κ2) is 6.56. The molecule has 2 aromatic carbocycles. The Hall–Kier alpha value is -1.42. The summed E-state index contributed by atoms with van der Waals surface area (Å²) >= 11 is 0. The summed E-state index contributed by atoms with van der Waals surface area (Å²) in [6.45, 7) is 6.01. The van der Waals surface area contributed by atoms with E-state index in [1.165, 1.54) is 16.3 Å². The maximum atomic E-state index is 5.82. The third kappa shape index (κ3) is 3.43. The average molecular weight is 284 g/mol. The highest BCUT2D eigenvalue weighted by molar-refractivity contribution is 5.86. The molecule has 0 aromatic heterocycles. The van der Waals surface area contributed by atoms with Gasteiger partial charge in [-0.3, -0.25) is 0 Å². The van der Waals surface area contributed by atoms with E-state index in [0.717, 1.165) is 26.2 Å². The second-order valence-electron chi connectivity index (χ2n) is 5.95. The first kappa shape index (κ1) is 14.5. The standard InChI is InChI=1S/C18H24N2O/c1-14(19-12-16-13-20(2)10-11-21-16)17-9-5-7-15-6-3-4-8-18(15)17/h3-9,14,16,19H,10-13H2,1-2H3. The number of rotatable bonds is 4. The molecule has 0 saturated carbocycles. The quantitative estimate of drug-likeness (QED) is 0.934. The molecule has 0 bridgehead atoms. The fourth-order valence-corrected chi connectivity index (χ4v) is 3.04. The van der Waals surface area contributed by atoms with E-state index in [2.05, 4.69) is 66.7 Å². The molecular formula is C18H24N2O. The Kier molecular flexibility index (Phi) is 4.54. The van der Waals surface area contributed by atoms with Crippen molar-refractivity contribution in [3.63, 3.8) is 0 Å². The minimum absolute atomic E-state index is 0.293. The number of hydrogen-bond donors (Lipinski definition) is 1. The number of fused-ring (bicyclic) bond motifs is 1. The first-order chi connectivity index (χ1) is 10.2. The van der Waals surface area contributed by atoms with Crippen LogP contribution in [0.5, 0.6) is 0 Å². The predicted octanol–water partition coefficient (Wildman–Crippen LogP) is 2.82. The van der Waals surface area contributed by atoms with Gasteiger partial charge in [0.15, 0.2) is 0 Å². The highest BCUT2D eigenvalue weighted by Crippen LogP contribution is 2.24. The second-order valence-corrected chi connectivity index (χ2v) is 5.95. The van der Waals surface area contributed by atoms with E-state index in [4.69, 9.17) is 4.74 Å². The first-order valence-electron chi connectivity index (χ1n) is 7.75. The number of likely N-dealkylation sites (N-methyl/N-ethyl adjacent to an activating group) is 1. The molecule has 112 valence electrons. The van der Waals surface area contributed by atoms with Crippen LogP contribution in [0.15, 0.2) is 42.5 Å². The maximum Gasteiger partial charge on any atom is 0.0826 e. The SMILES string of the molecule is CC(NCC1CN(C)CCO1)c1cccc2ccccc12. The van der Waals surface area contributed by atoms with Gasteiger partial charge in [-0.05, 0) is 30.3 Å². The summed E-state index contributed by atoms with van der Waals surface area (Å²) in [4.78, 5) is 2.33. The summed E-state index contributed by atoms with van der Waals surface area (Å²) in [6, 6.07) is 15.4. The molecule has 3 rings (SSSR count). The lowest BCUT2D eigenvalue weighted by atomic mass is 9.99. The smallest absolute Gasteiger partial charge is 0.0826 e. The molecule has 2 atom stereocenters. The molecule has 1 aliphatic rings. The van der Waals surface area contributed by atoms with Crippen molar-refractivity contribution in [1.29, 1.82) is 0 Å². The summed E-state index contributed by atoms with van der Waals surface area (Å²) < 4.78 is 5.82. The number of benzene rings is 2. The van der Waals surface area contributed by atoms with Crippen LogP contribution in [0.2, 0.25) is 0 Å². The number of morpholine rings is 1. The molecule has 1 aliphatic heterocycles. The van der Waals surface area contributed by atoms with Crippen molar-refractivity contribution >= 4 is 10.8 Å². The van der Waals surface area contributed by atoms with Crippen LogP contribution in [-0.4, -0.2) is 44.3 Å². The van der Waals surface area contributed by atoms with E-state index in [1.807, 2.05) is 0 Å². The summed E-state index contributed by atoms with van der Waals surface area (Å²) in [6.07, 6.45) is 0.293. The van der Waals surface area contributed by atoms with Crippen LogP contribution >= 0.6 is 0 Å². The zero-order valence-electron chi connectivity index (χ0n) is 12.9. The Morgan fingerprint density at radius 2 is 2.05 bits per heavy atom. The van der Waals surface area contributed by atoms with Crippen molar-refractivity contribution in [1.82, 2.24) is 10.2 Å². The molecule has 1 fully saturated rings. The van der Waals surface area contributed by atoms with Crippen LogP contribution in [0, 0.1) is 0 Å². The number of nitrogens with zero attached hydrogens (tertiary/aromatic N) is 1. The van der Waals surface area contributed by atoms with Gasteiger partial charge < -0.3 is 15.0 Å². The molecule has 1 saturated heterocycles. The minimum Gasteiger partial charge on any atom is -0.374 e. The van der Waals surface area contributed by atoms with Crippen LogP contribution in [0.25, 0.3) is 10.8 Å². The molecule has 0 amide bonds. The molecule has 3 nitrogen and oxygen atoms in total. The summed E-state index contributed by atoms with van der Waals surface area (Å²) in [7, 11) is 2.16. The minimum atomic E-state index is 0.293. The number of ether oxygens (including phenoxy) is 1. The van der Waals surface area contributed by atoms with E-state index < -0.39 is 0 Å². The summed E-state index contributed by atoms with van der Waals surface area (Å²) in [5.41, 5.74) is 1.36. The molecule has 21 heavy (non-hydrogen) atoms. The third-order valence-corrected chi connectivity index (χ3v) is 4.28. The van der Waals surface area contributed by atoms with Gasteiger partial charge >= 0.3 is 0 Å². The van der Waals surface area contributed by atoms with Crippen LogP contribution in [0.4, 0.5) is 0 Å². The number of nitrogens with one attached hydrogen (secondary N) is 1. The van der Waals surface area contributed by atoms with Crippen LogP contribution in [0.1, 0.15) is 18.5 Å².